The first-order valence-corrected chi connectivity index (χ1v) is 25.2. The summed E-state index contributed by atoms with van der Waals surface area (Å²) in [6, 6.07) is 0. The molecule has 1 aliphatic rings. The fourth-order valence-electron chi connectivity index (χ4n) is 7.53. The highest BCUT2D eigenvalue weighted by molar-refractivity contribution is 5.70. The van der Waals surface area contributed by atoms with E-state index in [1.807, 2.05) is 0 Å². The van der Waals surface area contributed by atoms with Gasteiger partial charge in [-0.05, 0) is 51.4 Å². The normalized spacial score (nSPS) is 20.0. The number of carbonyl (C=O) groups excluding carboxylic acids is 2. The second-order valence-corrected chi connectivity index (χ2v) is 17.2. The molecule has 0 aromatic heterocycles. The van der Waals surface area contributed by atoms with Crippen molar-refractivity contribution in [2.75, 3.05) is 19.8 Å². The van der Waals surface area contributed by atoms with Crippen molar-refractivity contribution in [1.82, 2.24) is 0 Å². The van der Waals surface area contributed by atoms with Crippen molar-refractivity contribution in [3.05, 3.63) is 48.6 Å². The first-order chi connectivity index (χ1) is 30.3. The SMILES string of the molecule is CC/C=C\C/C=C\C/C=C\C/C=C\CCCCCCC(=O)OC(COC(=O)CCCCCCCCCCCCCCCCCCCCCC)COC1OC(CO)C(O)C(O)C1O. The highest BCUT2D eigenvalue weighted by atomic mass is 16.7. The highest BCUT2D eigenvalue weighted by Crippen LogP contribution is 2.23. The Balaban J connectivity index is 2.27. The molecular formula is C52H92O10. The smallest absolute Gasteiger partial charge is 0.306 e. The number of aliphatic hydroxyl groups is 4. The van der Waals surface area contributed by atoms with E-state index in [9.17, 15) is 30.0 Å². The Morgan fingerprint density at radius 3 is 1.44 bits per heavy atom. The van der Waals surface area contributed by atoms with Crippen LogP contribution in [0.15, 0.2) is 48.6 Å². The molecule has 4 N–H and O–H groups in total. The number of unbranched alkanes of at least 4 members (excludes halogenated alkanes) is 23. The van der Waals surface area contributed by atoms with Gasteiger partial charge in [-0.1, -0.05) is 197 Å². The molecule has 1 aliphatic heterocycles. The second-order valence-electron chi connectivity index (χ2n) is 17.2. The van der Waals surface area contributed by atoms with Gasteiger partial charge in [0.25, 0.3) is 0 Å². The van der Waals surface area contributed by atoms with E-state index in [1.165, 1.54) is 109 Å². The molecule has 1 heterocycles. The van der Waals surface area contributed by atoms with E-state index in [4.69, 9.17) is 18.9 Å². The summed E-state index contributed by atoms with van der Waals surface area (Å²) in [4.78, 5) is 25.4. The van der Waals surface area contributed by atoms with E-state index in [0.717, 1.165) is 70.6 Å². The molecule has 0 aliphatic carbocycles. The van der Waals surface area contributed by atoms with Crippen molar-refractivity contribution in [3.63, 3.8) is 0 Å². The maximum atomic E-state index is 12.8. The monoisotopic (exact) mass is 877 g/mol. The summed E-state index contributed by atoms with van der Waals surface area (Å²) in [5.41, 5.74) is 0. The molecule has 6 unspecified atom stereocenters. The number of carbonyl (C=O) groups is 2. The molecule has 1 rings (SSSR count). The van der Waals surface area contributed by atoms with Crippen LogP contribution < -0.4 is 0 Å². The lowest BCUT2D eigenvalue weighted by molar-refractivity contribution is -0.305. The molecule has 0 radical (unpaired) electrons. The van der Waals surface area contributed by atoms with E-state index in [2.05, 4.69) is 62.5 Å². The van der Waals surface area contributed by atoms with Crippen LogP contribution in [0.1, 0.15) is 213 Å². The van der Waals surface area contributed by atoms with Gasteiger partial charge in [-0.15, -0.1) is 0 Å². The van der Waals surface area contributed by atoms with E-state index >= 15 is 0 Å². The fourth-order valence-corrected chi connectivity index (χ4v) is 7.53. The number of rotatable bonds is 42. The first kappa shape index (κ1) is 57.7. The van der Waals surface area contributed by atoms with Crippen LogP contribution in [0.4, 0.5) is 0 Å². The maximum absolute atomic E-state index is 12.8. The van der Waals surface area contributed by atoms with Gasteiger partial charge in [0.15, 0.2) is 12.4 Å². The zero-order valence-electron chi connectivity index (χ0n) is 39.4. The van der Waals surface area contributed by atoms with Crippen molar-refractivity contribution >= 4 is 11.9 Å². The van der Waals surface area contributed by atoms with Gasteiger partial charge in [0.05, 0.1) is 13.2 Å². The minimum atomic E-state index is -1.60. The Morgan fingerprint density at radius 2 is 0.952 bits per heavy atom. The predicted octanol–water partition coefficient (Wildman–Crippen LogP) is 11.6. The average molecular weight is 877 g/mol. The molecule has 10 heteroatoms. The summed E-state index contributed by atoms with van der Waals surface area (Å²) in [7, 11) is 0. The number of ether oxygens (including phenoxy) is 4. The predicted molar refractivity (Wildman–Crippen MR) is 252 cm³/mol. The minimum Gasteiger partial charge on any atom is -0.462 e. The average Bonchev–Trinajstić information content (AvgIpc) is 3.27. The van der Waals surface area contributed by atoms with Crippen LogP contribution in [0, 0.1) is 0 Å². The molecule has 0 amide bonds. The van der Waals surface area contributed by atoms with Crippen molar-refractivity contribution in [2.24, 2.45) is 0 Å². The van der Waals surface area contributed by atoms with Gasteiger partial charge >= 0.3 is 11.9 Å². The lowest BCUT2D eigenvalue weighted by atomic mass is 9.99. The van der Waals surface area contributed by atoms with Crippen LogP contribution >= 0.6 is 0 Å². The lowest BCUT2D eigenvalue weighted by Crippen LogP contribution is -2.59. The summed E-state index contributed by atoms with van der Waals surface area (Å²) in [5, 5.41) is 40.2. The Bertz CT molecular complexity index is 1150. The summed E-state index contributed by atoms with van der Waals surface area (Å²) >= 11 is 0. The van der Waals surface area contributed by atoms with Gasteiger partial charge in [-0.2, -0.15) is 0 Å². The number of hydrogen-bond donors (Lipinski definition) is 4. The summed E-state index contributed by atoms with van der Waals surface area (Å²) in [6.07, 6.45) is 44.0. The standard InChI is InChI=1S/C52H92O10/c1-3-5-7-9-11-13-15-17-19-21-22-23-25-26-28-30-32-34-36-38-40-47(54)59-43-45(44-60-52-51(58)50(57)49(56)46(42-53)62-52)61-48(55)41-39-37-35-33-31-29-27-24-20-18-16-14-12-10-8-6-4-2/h6,8,12,14,18,20,27,29,45-46,49-53,56-58H,3-5,7,9-11,13,15-17,19,21-26,28,30-44H2,1-2H3/b8-6-,14-12-,20-18-,29-27-. The van der Waals surface area contributed by atoms with Crippen molar-refractivity contribution in [1.29, 1.82) is 0 Å². The molecule has 10 nitrogen and oxygen atoms in total. The van der Waals surface area contributed by atoms with Gasteiger partial charge in [0, 0.05) is 12.8 Å². The van der Waals surface area contributed by atoms with Crippen LogP contribution in [0.2, 0.25) is 0 Å². The molecule has 6 atom stereocenters. The van der Waals surface area contributed by atoms with E-state index in [0.29, 0.717) is 6.42 Å². The summed E-state index contributed by atoms with van der Waals surface area (Å²) in [5.74, 6) is -0.828. The van der Waals surface area contributed by atoms with Crippen molar-refractivity contribution in [2.45, 2.75) is 250 Å². The lowest BCUT2D eigenvalue weighted by Gasteiger charge is -2.39. The van der Waals surface area contributed by atoms with Crippen LogP contribution in [0.25, 0.3) is 0 Å². The fraction of sp³-hybridized carbons (Fsp3) is 0.808. The minimum absolute atomic E-state index is 0.202. The number of allylic oxidation sites excluding steroid dienone is 8. The molecule has 0 saturated carbocycles. The first-order valence-electron chi connectivity index (χ1n) is 25.2. The molecule has 0 aromatic rings. The van der Waals surface area contributed by atoms with Crippen LogP contribution in [-0.2, 0) is 28.5 Å². The Hall–Kier alpha value is -2.34. The van der Waals surface area contributed by atoms with Crippen molar-refractivity contribution < 1.29 is 49.0 Å². The number of aliphatic hydroxyl groups excluding tert-OH is 4. The molecule has 360 valence electrons. The topological polar surface area (TPSA) is 152 Å². The second kappa shape index (κ2) is 42.6. The zero-order chi connectivity index (χ0) is 45.1. The van der Waals surface area contributed by atoms with Crippen molar-refractivity contribution in [3.8, 4) is 0 Å². The van der Waals surface area contributed by atoms with Crippen LogP contribution in [0.3, 0.4) is 0 Å². The van der Waals surface area contributed by atoms with E-state index in [-0.39, 0.29) is 32.0 Å². The van der Waals surface area contributed by atoms with Gasteiger partial charge in [0.2, 0.25) is 0 Å². The molecule has 0 spiro atoms. The molecular weight excluding hydrogens is 785 g/mol. The molecule has 1 saturated heterocycles. The van der Waals surface area contributed by atoms with Gasteiger partial charge < -0.3 is 39.4 Å². The third-order valence-electron chi connectivity index (χ3n) is 11.5. The zero-order valence-corrected chi connectivity index (χ0v) is 39.4. The van der Waals surface area contributed by atoms with Gasteiger partial charge in [-0.25, -0.2) is 0 Å². The molecule has 1 fully saturated rings. The summed E-state index contributed by atoms with van der Waals surface area (Å²) < 4.78 is 22.2. The number of hydrogen-bond acceptors (Lipinski definition) is 10. The van der Waals surface area contributed by atoms with Crippen LogP contribution in [-0.4, -0.2) is 89.0 Å². The van der Waals surface area contributed by atoms with E-state index in [1.54, 1.807) is 0 Å². The third-order valence-corrected chi connectivity index (χ3v) is 11.5. The highest BCUT2D eigenvalue weighted by Gasteiger charge is 2.44. The Kier molecular flexibility index (Phi) is 39.6. The third kappa shape index (κ3) is 33.2. The molecule has 0 bridgehead atoms. The van der Waals surface area contributed by atoms with Gasteiger partial charge in [-0.3, -0.25) is 9.59 Å². The molecule has 62 heavy (non-hydrogen) atoms. The maximum Gasteiger partial charge on any atom is 0.306 e. The Morgan fingerprint density at radius 1 is 0.516 bits per heavy atom. The summed E-state index contributed by atoms with van der Waals surface area (Å²) in [6.45, 7) is 3.31. The van der Waals surface area contributed by atoms with Gasteiger partial charge in [0.1, 0.15) is 31.0 Å². The number of esters is 2. The molecule has 0 aromatic carbocycles. The quantitative estimate of drug-likeness (QED) is 0.0265. The van der Waals surface area contributed by atoms with E-state index < -0.39 is 49.4 Å². The Labute approximate surface area is 378 Å². The van der Waals surface area contributed by atoms with Crippen LogP contribution in [0.5, 0.6) is 0 Å². The largest absolute Gasteiger partial charge is 0.462 e.